The number of hydrogen-bond donors (Lipinski definition) is 1. The SMILES string of the molecule is COc1cc(-c2ccccc2)sc1C(=O)NCc1ccnc(OCC(F)(F)F)c1. The van der Waals surface area contributed by atoms with Gasteiger partial charge in [-0.05, 0) is 23.3 Å². The minimum Gasteiger partial charge on any atom is -0.495 e. The summed E-state index contributed by atoms with van der Waals surface area (Å²) in [6, 6.07) is 14.3. The minimum absolute atomic E-state index is 0.103. The molecule has 0 saturated heterocycles. The van der Waals surface area contributed by atoms with Crippen molar-refractivity contribution in [2.75, 3.05) is 13.7 Å². The average molecular weight is 422 g/mol. The molecule has 1 N–H and O–H groups in total. The lowest BCUT2D eigenvalue weighted by Gasteiger charge is -2.10. The first-order valence-electron chi connectivity index (χ1n) is 8.51. The molecule has 0 aliphatic carbocycles. The van der Waals surface area contributed by atoms with Gasteiger partial charge in [0.25, 0.3) is 5.91 Å². The van der Waals surface area contributed by atoms with Crippen LogP contribution >= 0.6 is 11.3 Å². The Morgan fingerprint density at radius 1 is 1.17 bits per heavy atom. The van der Waals surface area contributed by atoms with Crippen molar-refractivity contribution in [3.05, 3.63) is 65.2 Å². The van der Waals surface area contributed by atoms with E-state index >= 15 is 0 Å². The highest BCUT2D eigenvalue weighted by molar-refractivity contribution is 7.17. The maximum atomic E-state index is 12.6. The zero-order valence-corrected chi connectivity index (χ0v) is 16.1. The lowest BCUT2D eigenvalue weighted by molar-refractivity contribution is -0.154. The topological polar surface area (TPSA) is 60.5 Å². The molecule has 1 amide bonds. The van der Waals surface area contributed by atoms with E-state index in [1.807, 2.05) is 30.3 Å². The second kappa shape index (κ2) is 8.95. The predicted octanol–water partition coefficient (Wildman–Crippen LogP) is 4.69. The van der Waals surface area contributed by atoms with E-state index < -0.39 is 12.8 Å². The van der Waals surface area contributed by atoms with Crippen LogP contribution in [0, 0.1) is 0 Å². The van der Waals surface area contributed by atoms with Gasteiger partial charge >= 0.3 is 6.18 Å². The molecular weight excluding hydrogens is 405 g/mol. The Kier molecular flexibility index (Phi) is 6.38. The lowest BCUT2D eigenvalue weighted by atomic mass is 10.2. The Hall–Kier alpha value is -3.07. The monoisotopic (exact) mass is 422 g/mol. The fourth-order valence-electron chi connectivity index (χ4n) is 2.49. The molecule has 0 fully saturated rings. The van der Waals surface area contributed by atoms with Gasteiger partial charge in [-0.15, -0.1) is 11.3 Å². The van der Waals surface area contributed by atoms with E-state index in [0.717, 1.165) is 10.4 Å². The number of ether oxygens (including phenoxy) is 2. The number of nitrogens with one attached hydrogen (secondary N) is 1. The number of alkyl halides is 3. The van der Waals surface area contributed by atoms with Crippen molar-refractivity contribution in [1.82, 2.24) is 10.3 Å². The number of carbonyl (C=O) groups excluding carboxylic acids is 1. The first-order valence-corrected chi connectivity index (χ1v) is 9.33. The van der Waals surface area contributed by atoms with Crippen LogP contribution in [0.3, 0.4) is 0 Å². The number of aromatic nitrogens is 1. The Bertz CT molecular complexity index is 975. The number of hydrogen-bond acceptors (Lipinski definition) is 5. The van der Waals surface area contributed by atoms with E-state index in [9.17, 15) is 18.0 Å². The smallest absolute Gasteiger partial charge is 0.422 e. The molecule has 29 heavy (non-hydrogen) atoms. The summed E-state index contributed by atoms with van der Waals surface area (Å²) in [5.74, 6) is -0.0481. The molecule has 3 rings (SSSR count). The van der Waals surface area contributed by atoms with Gasteiger partial charge < -0.3 is 14.8 Å². The number of benzene rings is 1. The van der Waals surface area contributed by atoms with Crippen LogP contribution in [-0.2, 0) is 6.54 Å². The van der Waals surface area contributed by atoms with Crippen LogP contribution in [0.4, 0.5) is 13.2 Å². The number of carbonyl (C=O) groups is 1. The highest BCUT2D eigenvalue weighted by Crippen LogP contribution is 2.36. The maximum Gasteiger partial charge on any atom is 0.422 e. The molecule has 152 valence electrons. The number of rotatable bonds is 7. The summed E-state index contributed by atoms with van der Waals surface area (Å²) in [6.45, 7) is -1.32. The summed E-state index contributed by atoms with van der Waals surface area (Å²) in [6.07, 6.45) is -3.12. The van der Waals surface area contributed by atoms with Crippen LogP contribution in [0.2, 0.25) is 0 Å². The van der Waals surface area contributed by atoms with Crippen molar-refractivity contribution in [2.45, 2.75) is 12.7 Å². The summed E-state index contributed by atoms with van der Waals surface area (Å²) in [5, 5.41) is 2.74. The van der Waals surface area contributed by atoms with Crippen LogP contribution in [0.25, 0.3) is 10.4 Å². The molecule has 3 aromatic rings. The zero-order valence-electron chi connectivity index (χ0n) is 15.3. The number of halogens is 3. The molecule has 0 saturated carbocycles. The predicted molar refractivity (Wildman–Crippen MR) is 103 cm³/mol. The standard InChI is InChI=1S/C20H17F3N2O3S/c1-27-15-10-16(14-5-3-2-4-6-14)29-18(15)19(26)25-11-13-7-8-24-17(9-13)28-12-20(21,22)23/h2-10H,11-12H2,1H3,(H,25,26). The summed E-state index contributed by atoms with van der Waals surface area (Å²) in [7, 11) is 1.49. The van der Waals surface area contributed by atoms with E-state index in [1.54, 1.807) is 12.1 Å². The number of pyridine rings is 1. The quantitative estimate of drug-likeness (QED) is 0.600. The molecular formula is C20H17F3N2O3S. The molecule has 9 heteroatoms. The van der Waals surface area contributed by atoms with Gasteiger partial charge in [-0.2, -0.15) is 13.2 Å². The second-order valence-corrected chi connectivity index (χ2v) is 7.02. The van der Waals surface area contributed by atoms with Crippen LogP contribution in [0.15, 0.2) is 54.7 Å². The Labute approximate surface area is 169 Å². The molecule has 2 heterocycles. The first kappa shape index (κ1) is 20.7. The maximum absolute atomic E-state index is 12.6. The van der Waals surface area contributed by atoms with Gasteiger partial charge in [0.05, 0.1) is 7.11 Å². The summed E-state index contributed by atoms with van der Waals surface area (Å²) >= 11 is 1.30. The summed E-state index contributed by atoms with van der Waals surface area (Å²) in [5.41, 5.74) is 1.53. The van der Waals surface area contributed by atoms with Gasteiger partial charge in [0.1, 0.15) is 10.6 Å². The van der Waals surface area contributed by atoms with Crippen molar-refractivity contribution >= 4 is 17.2 Å². The van der Waals surface area contributed by atoms with Gasteiger partial charge in [-0.3, -0.25) is 4.79 Å². The first-order chi connectivity index (χ1) is 13.9. The molecule has 0 unspecified atom stereocenters. The largest absolute Gasteiger partial charge is 0.495 e. The van der Waals surface area contributed by atoms with Crippen molar-refractivity contribution < 1.29 is 27.4 Å². The van der Waals surface area contributed by atoms with Crippen LogP contribution in [0.1, 0.15) is 15.2 Å². The molecule has 5 nitrogen and oxygen atoms in total. The third-order valence-corrected chi connectivity index (χ3v) is 4.98. The average Bonchev–Trinajstić information content (AvgIpc) is 3.16. The second-order valence-electron chi connectivity index (χ2n) is 5.96. The van der Waals surface area contributed by atoms with Crippen molar-refractivity contribution in [1.29, 1.82) is 0 Å². The van der Waals surface area contributed by atoms with Crippen molar-refractivity contribution in [2.24, 2.45) is 0 Å². The third kappa shape index (κ3) is 5.71. The fourth-order valence-corrected chi connectivity index (χ4v) is 3.53. The molecule has 0 bridgehead atoms. The Balaban J connectivity index is 1.67. The highest BCUT2D eigenvalue weighted by atomic mass is 32.1. The number of amides is 1. The van der Waals surface area contributed by atoms with E-state index in [4.69, 9.17) is 4.74 Å². The summed E-state index contributed by atoms with van der Waals surface area (Å²) < 4.78 is 46.7. The molecule has 0 spiro atoms. The number of methoxy groups -OCH3 is 1. The molecule has 0 aliphatic heterocycles. The normalized spacial score (nSPS) is 11.2. The van der Waals surface area contributed by atoms with Gasteiger partial charge in [-0.1, -0.05) is 30.3 Å². The van der Waals surface area contributed by atoms with Gasteiger partial charge in [0.15, 0.2) is 6.61 Å². The number of nitrogens with zero attached hydrogens (tertiary/aromatic N) is 1. The van der Waals surface area contributed by atoms with Crippen LogP contribution in [0.5, 0.6) is 11.6 Å². The lowest BCUT2D eigenvalue weighted by Crippen LogP contribution is -2.22. The third-order valence-electron chi connectivity index (χ3n) is 3.82. The molecule has 2 aromatic heterocycles. The van der Waals surface area contributed by atoms with Crippen molar-refractivity contribution in [3.63, 3.8) is 0 Å². The molecule has 0 radical (unpaired) electrons. The molecule has 0 atom stereocenters. The van der Waals surface area contributed by atoms with Gasteiger partial charge in [0.2, 0.25) is 5.88 Å². The Morgan fingerprint density at radius 2 is 1.93 bits per heavy atom. The van der Waals surface area contributed by atoms with Crippen LogP contribution in [-0.4, -0.2) is 30.8 Å². The van der Waals surface area contributed by atoms with E-state index in [0.29, 0.717) is 16.2 Å². The van der Waals surface area contributed by atoms with Crippen molar-refractivity contribution in [3.8, 4) is 22.1 Å². The fraction of sp³-hybridized carbons (Fsp3) is 0.200. The van der Waals surface area contributed by atoms with E-state index in [1.165, 1.54) is 30.7 Å². The van der Waals surface area contributed by atoms with Crippen LogP contribution < -0.4 is 14.8 Å². The highest BCUT2D eigenvalue weighted by Gasteiger charge is 2.28. The Morgan fingerprint density at radius 3 is 2.62 bits per heavy atom. The van der Waals surface area contributed by atoms with E-state index in [2.05, 4.69) is 15.0 Å². The zero-order chi connectivity index (χ0) is 20.9. The molecule has 0 aliphatic rings. The minimum atomic E-state index is -4.45. The summed E-state index contributed by atoms with van der Waals surface area (Å²) in [4.78, 5) is 17.6. The molecule has 1 aromatic carbocycles. The van der Waals surface area contributed by atoms with Gasteiger partial charge in [0, 0.05) is 23.7 Å². The van der Waals surface area contributed by atoms with Gasteiger partial charge in [-0.25, -0.2) is 4.98 Å². The van der Waals surface area contributed by atoms with E-state index in [-0.39, 0.29) is 18.3 Å². The number of thiophene rings is 1.